The summed E-state index contributed by atoms with van der Waals surface area (Å²) in [7, 11) is 1.97. The van der Waals surface area contributed by atoms with Crippen molar-refractivity contribution in [3.8, 4) is 0 Å². The first-order chi connectivity index (χ1) is 7.93. The van der Waals surface area contributed by atoms with Gasteiger partial charge in [0, 0.05) is 11.6 Å². The van der Waals surface area contributed by atoms with Crippen LogP contribution in [-0.2, 0) is 11.0 Å². The number of nitro benzene ring substituents is 1. The average Bonchev–Trinajstić information content (AvgIpc) is 2.31. The summed E-state index contributed by atoms with van der Waals surface area (Å²) in [5.74, 6) is 0. The Morgan fingerprint density at radius 1 is 1.29 bits per heavy atom. The molecule has 6 heteroatoms. The van der Waals surface area contributed by atoms with Crippen LogP contribution in [0.25, 0.3) is 0 Å². The van der Waals surface area contributed by atoms with Crippen molar-refractivity contribution < 1.29 is 9.13 Å². The average molecular weight is 258 g/mol. The zero-order valence-electron chi connectivity index (χ0n) is 10.8. The Bertz CT molecular complexity index is 419. The van der Waals surface area contributed by atoms with Crippen molar-refractivity contribution in [1.29, 1.82) is 0 Å². The van der Waals surface area contributed by atoms with Crippen LogP contribution in [0.4, 0.5) is 5.69 Å². The van der Waals surface area contributed by atoms with Gasteiger partial charge in [-0.3, -0.25) is 10.1 Å². The summed E-state index contributed by atoms with van der Waals surface area (Å²) in [5, 5.41) is 10.7. The second kappa shape index (κ2) is 7.13. The lowest BCUT2D eigenvalue weighted by Gasteiger charge is -2.09. The molecule has 1 rings (SSSR count). The molecule has 1 unspecified atom stereocenters. The standard InChI is InChI=1S/C9H12N2O3S.C2H6/c1-7-4-5-8(15(14)10(2)3)6-9(7)11(12)13;1-2/h4-6H,1-3H3;1-2H3. The van der Waals surface area contributed by atoms with Gasteiger partial charge in [-0.1, -0.05) is 19.9 Å². The fourth-order valence-corrected chi connectivity index (χ4v) is 1.92. The number of nitrogens with zero attached hydrogens (tertiary/aromatic N) is 2. The van der Waals surface area contributed by atoms with Gasteiger partial charge in [-0.15, -0.1) is 0 Å². The third-order valence-electron chi connectivity index (χ3n) is 1.91. The number of rotatable bonds is 3. The summed E-state index contributed by atoms with van der Waals surface area (Å²) < 4.78 is 13.1. The van der Waals surface area contributed by atoms with E-state index in [1.165, 1.54) is 10.4 Å². The Kier molecular flexibility index (Phi) is 6.60. The van der Waals surface area contributed by atoms with Gasteiger partial charge in [-0.25, -0.2) is 8.51 Å². The highest BCUT2D eigenvalue weighted by Crippen LogP contribution is 2.21. The van der Waals surface area contributed by atoms with Crippen LogP contribution >= 0.6 is 0 Å². The molecule has 5 nitrogen and oxygen atoms in total. The summed E-state index contributed by atoms with van der Waals surface area (Å²) >= 11 is 0. The van der Waals surface area contributed by atoms with E-state index in [1.54, 1.807) is 33.2 Å². The molecule has 96 valence electrons. The molecule has 0 aliphatic carbocycles. The number of benzene rings is 1. The third-order valence-corrected chi connectivity index (χ3v) is 3.23. The Hall–Kier alpha value is -1.27. The van der Waals surface area contributed by atoms with Gasteiger partial charge >= 0.3 is 0 Å². The van der Waals surface area contributed by atoms with Gasteiger partial charge in [-0.05, 0) is 27.1 Å². The van der Waals surface area contributed by atoms with Crippen molar-refractivity contribution in [2.75, 3.05) is 14.1 Å². The molecular formula is C11H18N2O3S. The third kappa shape index (κ3) is 4.24. The highest BCUT2D eigenvalue weighted by Gasteiger charge is 2.14. The van der Waals surface area contributed by atoms with Gasteiger partial charge in [0.15, 0.2) is 0 Å². The molecule has 0 spiro atoms. The van der Waals surface area contributed by atoms with E-state index in [2.05, 4.69) is 0 Å². The fraction of sp³-hybridized carbons (Fsp3) is 0.455. The highest BCUT2D eigenvalue weighted by molar-refractivity contribution is 7.82. The quantitative estimate of drug-likeness (QED) is 0.618. The lowest BCUT2D eigenvalue weighted by molar-refractivity contribution is -0.385. The summed E-state index contributed by atoms with van der Waals surface area (Å²) in [6.45, 7) is 5.65. The molecule has 0 amide bonds. The molecular weight excluding hydrogens is 240 g/mol. The Balaban J connectivity index is 0.00000121. The lowest BCUT2D eigenvalue weighted by atomic mass is 10.2. The SMILES string of the molecule is CC.Cc1ccc(S(=O)N(C)C)cc1[N+](=O)[O-]. The minimum atomic E-state index is -1.34. The molecule has 1 aromatic carbocycles. The molecule has 0 fully saturated rings. The smallest absolute Gasteiger partial charge is 0.258 e. The Morgan fingerprint density at radius 2 is 1.82 bits per heavy atom. The first-order valence-corrected chi connectivity index (χ1v) is 6.38. The maximum absolute atomic E-state index is 11.6. The molecule has 0 aliphatic heterocycles. The number of aryl methyl sites for hydroxylation is 1. The van der Waals surface area contributed by atoms with Crippen molar-refractivity contribution in [3.05, 3.63) is 33.9 Å². The molecule has 0 saturated heterocycles. The van der Waals surface area contributed by atoms with E-state index in [4.69, 9.17) is 0 Å². The zero-order valence-corrected chi connectivity index (χ0v) is 11.6. The second-order valence-electron chi connectivity index (χ2n) is 3.27. The van der Waals surface area contributed by atoms with Crippen LogP contribution in [0, 0.1) is 17.0 Å². The van der Waals surface area contributed by atoms with Gasteiger partial charge in [-0.2, -0.15) is 0 Å². The maximum Gasteiger partial charge on any atom is 0.273 e. The molecule has 0 aromatic heterocycles. The van der Waals surface area contributed by atoms with Crippen LogP contribution < -0.4 is 0 Å². The number of hydrogen-bond acceptors (Lipinski definition) is 3. The van der Waals surface area contributed by atoms with Crippen LogP contribution in [-0.4, -0.2) is 27.5 Å². The number of hydrogen-bond donors (Lipinski definition) is 0. The van der Waals surface area contributed by atoms with E-state index in [9.17, 15) is 14.3 Å². The van der Waals surface area contributed by atoms with E-state index in [1.807, 2.05) is 13.8 Å². The Morgan fingerprint density at radius 3 is 2.24 bits per heavy atom. The van der Waals surface area contributed by atoms with Crippen LogP contribution in [0.15, 0.2) is 23.1 Å². The highest BCUT2D eigenvalue weighted by atomic mass is 32.2. The molecule has 0 bridgehead atoms. The molecule has 0 radical (unpaired) electrons. The number of nitro groups is 1. The van der Waals surface area contributed by atoms with E-state index in [0.29, 0.717) is 10.5 Å². The predicted octanol–water partition coefficient (Wildman–Crippen LogP) is 2.51. The van der Waals surface area contributed by atoms with Crippen LogP contribution in [0.3, 0.4) is 0 Å². The molecule has 1 aromatic rings. The van der Waals surface area contributed by atoms with E-state index in [0.717, 1.165) is 0 Å². The van der Waals surface area contributed by atoms with E-state index >= 15 is 0 Å². The maximum atomic E-state index is 11.6. The van der Waals surface area contributed by atoms with Gasteiger partial charge < -0.3 is 0 Å². The van der Waals surface area contributed by atoms with Crippen molar-refractivity contribution in [2.45, 2.75) is 25.7 Å². The summed E-state index contributed by atoms with van der Waals surface area (Å²) in [5.41, 5.74) is 0.571. The molecule has 0 heterocycles. The van der Waals surface area contributed by atoms with Crippen molar-refractivity contribution in [2.24, 2.45) is 0 Å². The van der Waals surface area contributed by atoms with Gasteiger partial charge in [0.25, 0.3) is 5.69 Å². The summed E-state index contributed by atoms with van der Waals surface area (Å²) in [6, 6.07) is 4.60. The van der Waals surface area contributed by atoms with Gasteiger partial charge in [0.1, 0.15) is 11.0 Å². The van der Waals surface area contributed by atoms with Crippen LogP contribution in [0.5, 0.6) is 0 Å². The van der Waals surface area contributed by atoms with Crippen molar-refractivity contribution >= 4 is 16.7 Å². The molecule has 17 heavy (non-hydrogen) atoms. The lowest BCUT2D eigenvalue weighted by Crippen LogP contribution is -2.15. The zero-order chi connectivity index (χ0) is 13.6. The van der Waals surface area contributed by atoms with Crippen LogP contribution in [0.2, 0.25) is 0 Å². The summed E-state index contributed by atoms with van der Waals surface area (Å²) in [6.07, 6.45) is 0. The molecule has 1 atom stereocenters. The predicted molar refractivity (Wildman–Crippen MR) is 69.3 cm³/mol. The normalized spacial score (nSPS) is 11.6. The topological polar surface area (TPSA) is 63.5 Å². The van der Waals surface area contributed by atoms with Crippen molar-refractivity contribution in [3.63, 3.8) is 0 Å². The molecule has 0 N–H and O–H groups in total. The fourth-order valence-electron chi connectivity index (χ4n) is 1.11. The molecule has 0 saturated carbocycles. The van der Waals surface area contributed by atoms with Gasteiger partial charge in [0.05, 0.1) is 9.82 Å². The van der Waals surface area contributed by atoms with Crippen LogP contribution in [0.1, 0.15) is 19.4 Å². The summed E-state index contributed by atoms with van der Waals surface area (Å²) in [4.78, 5) is 10.6. The van der Waals surface area contributed by atoms with Gasteiger partial charge in [0.2, 0.25) is 0 Å². The Labute approximate surface area is 104 Å². The largest absolute Gasteiger partial charge is 0.273 e. The van der Waals surface area contributed by atoms with E-state index < -0.39 is 15.9 Å². The molecule has 0 aliphatic rings. The first-order valence-electron chi connectivity index (χ1n) is 5.27. The monoisotopic (exact) mass is 258 g/mol. The van der Waals surface area contributed by atoms with E-state index in [-0.39, 0.29) is 5.69 Å². The minimum absolute atomic E-state index is 0.00250. The first kappa shape index (κ1) is 15.7. The van der Waals surface area contributed by atoms with Crippen molar-refractivity contribution in [1.82, 2.24) is 4.31 Å². The second-order valence-corrected chi connectivity index (χ2v) is 4.97. The minimum Gasteiger partial charge on any atom is -0.258 e.